The van der Waals surface area contributed by atoms with E-state index in [4.69, 9.17) is 9.52 Å². The van der Waals surface area contributed by atoms with Crippen LogP contribution in [0.4, 0.5) is 0 Å². The number of oxazole rings is 1. The van der Waals surface area contributed by atoms with Crippen LogP contribution in [0.15, 0.2) is 65.1 Å². The molecule has 3 rings (SSSR count). The lowest BCUT2D eigenvalue weighted by Gasteiger charge is -2.01. The first-order valence-electron chi connectivity index (χ1n) is 7.48. The second-order valence-electron chi connectivity index (χ2n) is 5.46. The lowest BCUT2D eigenvalue weighted by molar-refractivity contribution is -0.141. The summed E-state index contributed by atoms with van der Waals surface area (Å²) in [4.78, 5) is 15.6. The van der Waals surface area contributed by atoms with Crippen LogP contribution < -0.4 is 0 Å². The van der Waals surface area contributed by atoms with Gasteiger partial charge in [-0.3, -0.25) is 4.79 Å². The van der Waals surface area contributed by atoms with Gasteiger partial charge in [-0.15, -0.1) is 0 Å². The van der Waals surface area contributed by atoms with Gasteiger partial charge in [-0.2, -0.15) is 0 Å². The minimum atomic E-state index is -0.856. The van der Waals surface area contributed by atoms with Crippen molar-refractivity contribution in [1.29, 1.82) is 0 Å². The van der Waals surface area contributed by atoms with Crippen LogP contribution in [0.3, 0.4) is 0 Å². The zero-order valence-corrected chi connectivity index (χ0v) is 12.8. The molecule has 3 aromatic rings. The number of carbonyl (C=O) groups is 1. The minimum absolute atomic E-state index is 0.266. The molecule has 23 heavy (non-hydrogen) atoms. The van der Waals surface area contributed by atoms with Crippen LogP contribution in [-0.2, 0) is 11.2 Å². The van der Waals surface area contributed by atoms with Gasteiger partial charge in [0.15, 0.2) is 11.7 Å². The molecule has 0 saturated carbocycles. The van der Waals surface area contributed by atoms with E-state index in [9.17, 15) is 4.79 Å². The first-order valence-corrected chi connectivity index (χ1v) is 7.48. The van der Waals surface area contributed by atoms with Crippen molar-refractivity contribution in [2.45, 2.75) is 13.3 Å². The first-order chi connectivity index (χ1) is 11.1. The average molecular weight is 307 g/mol. The molecule has 1 aromatic heterocycles. The maximum absolute atomic E-state index is 11.1. The van der Waals surface area contributed by atoms with Gasteiger partial charge in [0, 0.05) is 17.5 Å². The summed E-state index contributed by atoms with van der Waals surface area (Å²) in [6.07, 6.45) is 0.266. The molecule has 1 N–H and O–H groups in total. The van der Waals surface area contributed by atoms with Gasteiger partial charge in [0.25, 0.3) is 0 Å². The van der Waals surface area contributed by atoms with Crippen molar-refractivity contribution >= 4 is 5.97 Å². The smallest absolute Gasteiger partial charge is 0.306 e. The number of aliphatic carboxylic acids is 1. The molecule has 0 spiro atoms. The second kappa shape index (κ2) is 6.48. The molecule has 0 saturated heterocycles. The van der Waals surface area contributed by atoms with E-state index in [1.807, 2.05) is 60.7 Å². The summed E-state index contributed by atoms with van der Waals surface area (Å²) in [6.45, 7) is 1.65. The molecular formula is C19H17NO3. The SMILES string of the molecule is CC(Cc1nc(-c2ccccc2)c(-c2ccccc2)o1)C(=O)O. The third-order valence-corrected chi connectivity index (χ3v) is 3.66. The van der Waals surface area contributed by atoms with Crippen molar-refractivity contribution in [1.82, 2.24) is 4.98 Å². The Hall–Kier alpha value is -2.88. The molecule has 1 unspecified atom stereocenters. The van der Waals surface area contributed by atoms with E-state index in [0.717, 1.165) is 16.8 Å². The third kappa shape index (κ3) is 3.31. The number of carboxylic acid groups (broad SMARTS) is 1. The number of hydrogen-bond acceptors (Lipinski definition) is 3. The van der Waals surface area contributed by atoms with E-state index in [1.165, 1.54) is 0 Å². The molecule has 4 heteroatoms. The molecule has 2 aromatic carbocycles. The summed E-state index contributed by atoms with van der Waals surface area (Å²) in [5.41, 5.74) is 2.61. The largest absolute Gasteiger partial charge is 0.481 e. The fraction of sp³-hybridized carbons (Fsp3) is 0.158. The van der Waals surface area contributed by atoms with Crippen LogP contribution in [0.5, 0.6) is 0 Å². The quantitative estimate of drug-likeness (QED) is 0.764. The monoisotopic (exact) mass is 307 g/mol. The Morgan fingerprint density at radius 3 is 2.17 bits per heavy atom. The van der Waals surface area contributed by atoms with Gasteiger partial charge in [0.1, 0.15) is 5.69 Å². The van der Waals surface area contributed by atoms with Crippen LogP contribution in [0.1, 0.15) is 12.8 Å². The van der Waals surface area contributed by atoms with Crippen LogP contribution >= 0.6 is 0 Å². The van der Waals surface area contributed by atoms with E-state index in [-0.39, 0.29) is 6.42 Å². The van der Waals surface area contributed by atoms with Gasteiger partial charge in [-0.05, 0) is 0 Å². The topological polar surface area (TPSA) is 63.3 Å². The molecule has 0 aliphatic carbocycles. The molecular weight excluding hydrogens is 290 g/mol. The molecule has 4 nitrogen and oxygen atoms in total. The molecule has 1 atom stereocenters. The van der Waals surface area contributed by atoms with Gasteiger partial charge in [-0.25, -0.2) is 4.98 Å². The Kier molecular flexibility index (Phi) is 4.24. The number of rotatable bonds is 5. The molecule has 0 amide bonds. The highest BCUT2D eigenvalue weighted by Gasteiger charge is 2.20. The zero-order chi connectivity index (χ0) is 16.2. The number of hydrogen-bond donors (Lipinski definition) is 1. The summed E-state index contributed by atoms with van der Waals surface area (Å²) >= 11 is 0. The normalized spacial score (nSPS) is 12.0. The fourth-order valence-electron chi connectivity index (χ4n) is 2.38. The van der Waals surface area contributed by atoms with Crippen LogP contribution in [0, 0.1) is 5.92 Å². The van der Waals surface area contributed by atoms with Crippen LogP contribution in [0.2, 0.25) is 0 Å². The molecule has 116 valence electrons. The summed E-state index contributed by atoms with van der Waals surface area (Å²) in [5.74, 6) is -0.284. The standard InChI is InChI=1S/C19H17NO3/c1-13(19(21)22)12-16-20-17(14-8-4-2-5-9-14)18(23-16)15-10-6-3-7-11-15/h2-11,13H,12H2,1H3,(H,21,22). The van der Waals surface area contributed by atoms with Crippen molar-refractivity contribution in [3.05, 3.63) is 66.6 Å². The van der Waals surface area contributed by atoms with Gasteiger partial charge >= 0.3 is 5.97 Å². The highest BCUT2D eigenvalue weighted by molar-refractivity contribution is 5.77. The van der Waals surface area contributed by atoms with Crippen molar-refractivity contribution in [3.63, 3.8) is 0 Å². The molecule has 0 bridgehead atoms. The maximum atomic E-state index is 11.1. The molecule has 0 aliphatic heterocycles. The van der Waals surface area contributed by atoms with Crippen molar-refractivity contribution in [2.24, 2.45) is 5.92 Å². The predicted octanol–water partition coefficient (Wildman–Crippen LogP) is 4.27. The summed E-state index contributed by atoms with van der Waals surface area (Å²) < 4.78 is 5.90. The first kappa shape index (κ1) is 15.0. The van der Waals surface area contributed by atoms with E-state index >= 15 is 0 Å². The Bertz CT molecular complexity index is 737. The van der Waals surface area contributed by atoms with E-state index in [1.54, 1.807) is 6.92 Å². The van der Waals surface area contributed by atoms with E-state index < -0.39 is 11.9 Å². The highest BCUT2D eigenvalue weighted by atomic mass is 16.4. The summed E-state index contributed by atoms with van der Waals surface area (Å²) in [5, 5.41) is 9.08. The zero-order valence-electron chi connectivity index (χ0n) is 12.8. The van der Waals surface area contributed by atoms with Crippen molar-refractivity contribution in [2.75, 3.05) is 0 Å². The van der Waals surface area contributed by atoms with Crippen molar-refractivity contribution in [3.8, 4) is 22.6 Å². The Morgan fingerprint density at radius 1 is 1.04 bits per heavy atom. The number of benzene rings is 2. The predicted molar refractivity (Wildman–Crippen MR) is 87.9 cm³/mol. The lowest BCUT2D eigenvalue weighted by atomic mass is 10.1. The lowest BCUT2D eigenvalue weighted by Crippen LogP contribution is -2.12. The minimum Gasteiger partial charge on any atom is -0.481 e. The second-order valence-corrected chi connectivity index (χ2v) is 5.46. The van der Waals surface area contributed by atoms with Gasteiger partial charge < -0.3 is 9.52 Å². The highest BCUT2D eigenvalue weighted by Crippen LogP contribution is 2.33. The van der Waals surface area contributed by atoms with Gasteiger partial charge in [0.2, 0.25) is 0 Å². The Labute approximate surface area is 134 Å². The number of aromatic nitrogens is 1. The van der Waals surface area contributed by atoms with E-state index in [0.29, 0.717) is 11.7 Å². The maximum Gasteiger partial charge on any atom is 0.306 e. The van der Waals surface area contributed by atoms with Crippen LogP contribution in [-0.4, -0.2) is 16.1 Å². The third-order valence-electron chi connectivity index (χ3n) is 3.66. The molecule has 1 heterocycles. The fourth-order valence-corrected chi connectivity index (χ4v) is 2.38. The average Bonchev–Trinajstić information content (AvgIpc) is 3.00. The molecule has 0 radical (unpaired) electrons. The Balaban J connectivity index is 2.06. The number of carboxylic acids is 1. The van der Waals surface area contributed by atoms with Gasteiger partial charge in [0.05, 0.1) is 5.92 Å². The Morgan fingerprint density at radius 2 is 1.61 bits per heavy atom. The molecule has 0 fully saturated rings. The summed E-state index contributed by atoms with van der Waals surface area (Å²) in [6, 6.07) is 19.5. The number of nitrogens with zero attached hydrogens (tertiary/aromatic N) is 1. The van der Waals surface area contributed by atoms with E-state index in [2.05, 4.69) is 4.98 Å². The van der Waals surface area contributed by atoms with Crippen molar-refractivity contribution < 1.29 is 14.3 Å². The molecule has 0 aliphatic rings. The summed E-state index contributed by atoms with van der Waals surface area (Å²) in [7, 11) is 0. The van der Waals surface area contributed by atoms with Gasteiger partial charge in [-0.1, -0.05) is 67.6 Å². The van der Waals surface area contributed by atoms with Crippen LogP contribution in [0.25, 0.3) is 22.6 Å².